The van der Waals surface area contributed by atoms with Crippen LogP contribution in [0.4, 0.5) is 5.13 Å². The summed E-state index contributed by atoms with van der Waals surface area (Å²) in [5.41, 5.74) is 0. The third-order valence-corrected chi connectivity index (χ3v) is 3.46. The summed E-state index contributed by atoms with van der Waals surface area (Å²) in [5.74, 6) is 0.0296. The van der Waals surface area contributed by atoms with Crippen LogP contribution in [-0.4, -0.2) is 35.1 Å². The summed E-state index contributed by atoms with van der Waals surface area (Å²) in [7, 11) is 0. The molecular weight excluding hydrogens is 214 g/mol. The third-order valence-electron chi connectivity index (χ3n) is 2.44. The van der Waals surface area contributed by atoms with Crippen molar-refractivity contribution in [2.75, 3.05) is 18.0 Å². The van der Waals surface area contributed by atoms with Crippen molar-refractivity contribution in [3.05, 3.63) is 11.1 Å². The molecule has 2 N–H and O–H groups in total. The second kappa shape index (κ2) is 4.16. The van der Waals surface area contributed by atoms with E-state index in [-0.39, 0.29) is 18.6 Å². The summed E-state index contributed by atoms with van der Waals surface area (Å²) in [6.07, 6.45) is 1.65. The minimum atomic E-state index is -0.184. The Kier molecular flexibility index (Phi) is 2.88. The van der Waals surface area contributed by atoms with E-state index in [1.165, 1.54) is 11.3 Å². The zero-order valence-electron chi connectivity index (χ0n) is 8.43. The summed E-state index contributed by atoms with van der Waals surface area (Å²) in [6.45, 7) is 3.28. The quantitative estimate of drug-likeness (QED) is 0.744. The number of aliphatic hydroxyl groups is 1. The molecule has 1 aromatic heterocycles. The number of hydrogen-bond acceptors (Lipinski definition) is 5. The molecule has 1 aromatic rings. The molecule has 6 heteroatoms. The number of carbonyl (C=O) groups excluding carboxylic acids is 1. The van der Waals surface area contributed by atoms with Crippen molar-refractivity contribution in [2.45, 2.75) is 19.6 Å². The van der Waals surface area contributed by atoms with Gasteiger partial charge in [-0.05, 0) is 6.92 Å². The number of amides is 1. The highest BCUT2D eigenvalue weighted by Gasteiger charge is 2.27. The van der Waals surface area contributed by atoms with Crippen LogP contribution < -0.4 is 10.2 Å². The maximum atomic E-state index is 11.4. The zero-order chi connectivity index (χ0) is 10.8. The average molecular weight is 227 g/mol. The molecule has 15 heavy (non-hydrogen) atoms. The highest BCUT2D eigenvalue weighted by Crippen LogP contribution is 2.24. The Hall–Kier alpha value is -1.14. The van der Waals surface area contributed by atoms with E-state index in [4.69, 9.17) is 5.11 Å². The van der Waals surface area contributed by atoms with Gasteiger partial charge in [-0.25, -0.2) is 4.98 Å². The standard InChI is InChI=1S/C9H13N3O2S/c1-6-8(14)10-2-3-12(6)9-11-4-7(5-13)15-9/h4,6,13H,2-3,5H2,1H3,(H,10,14). The van der Waals surface area contributed by atoms with Gasteiger partial charge in [0.2, 0.25) is 5.91 Å². The van der Waals surface area contributed by atoms with Crippen LogP contribution in [0.1, 0.15) is 11.8 Å². The van der Waals surface area contributed by atoms with Gasteiger partial charge in [-0.2, -0.15) is 0 Å². The Morgan fingerprint density at radius 1 is 1.80 bits per heavy atom. The first kappa shape index (κ1) is 10.4. The SMILES string of the molecule is CC1C(=O)NCCN1c1ncc(CO)s1. The van der Waals surface area contributed by atoms with E-state index in [1.54, 1.807) is 6.20 Å². The molecule has 1 atom stereocenters. The van der Waals surface area contributed by atoms with Crippen LogP contribution >= 0.6 is 11.3 Å². The summed E-state index contributed by atoms with van der Waals surface area (Å²) in [6, 6.07) is -0.184. The Bertz CT molecular complexity index is 366. The van der Waals surface area contributed by atoms with Crippen molar-refractivity contribution in [1.82, 2.24) is 10.3 Å². The van der Waals surface area contributed by atoms with Gasteiger partial charge in [-0.3, -0.25) is 4.79 Å². The maximum Gasteiger partial charge on any atom is 0.242 e. The molecule has 0 saturated carbocycles. The predicted octanol–water partition coefficient (Wildman–Crippen LogP) is -0.0399. The molecule has 0 aromatic carbocycles. The Morgan fingerprint density at radius 2 is 2.60 bits per heavy atom. The number of hydrogen-bond donors (Lipinski definition) is 2. The fraction of sp³-hybridized carbons (Fsp3) is 0.556. The van der Waals surface area contributed by atoms with Crippen molar-refractivity contribution in [1.29, 1.82) is 0 Å². The number of thiazole rings is 1. The smallest absolute Gasteiger partial charge is 0.242 e. The molecule has 1 unspecified atom stereocenters. The average Bonchev–Trinajstić information content (AvgIpc) is 2.70. The number of aliphatic hydroxyl groups excluding tert-OH is 1. The molecular formula is C9H13N3O2S. The fourth-order valence-electron chi connectivity index (χ4n) is 1.55. The first-order chi connectivity index (χ1) is 7.22. The molecule has 1 amide bonds. The van der Waals surface area contributed by atoms with Crippen LogP contribution in [0, 0.1) is 0 Å². The van der Waals surface area contributed by atoms with Gasteiger partial charge in [0.05, 0.1) is 11.5 Å². The fourth-order valence-corrected chi connectivity index (χ4v) is 2.42. The third kappa shape index (κ3) is 1.95. The first-order valence-electron chi connectivity index (χ1n) is 4.82. The van der Waals surface area contributed by atoms with Crippen LogP contribution in [0.2, 0.25) is 0 Å². The van der Waals surface area contributed by atoms with Crippen molar-refractivity contribution in [3.63, 3.8) is 0 Å². The first-order valence-corrected chi connectivity index (χ1v) is 5.64. The molecule has 1 saturated heterocycles. The summed E-state index contributed by atoms with van der Waals surface area (Å²) < 4.78 is 0. The molecule has 0 spiro atoms. The van der Waals surface area contributed by atoms with E-state index >= 15 is 0 Å². The number of anilines is 1. The van der Waals surface area contributed by atoms with E-state index in [0.29, 0.717) is 6.54 Å². The van der Waals surface area contributed by atoms with Gasteiger partial charge in [-0.15, -0.1) is 0 Å². The van der Waals surface area contributed by atoms with Crippen LogP contribution in [0.5, 0.6) is 0 Å². The lowest BCUT2D eigenvalue weighted by molar-refractivity contribution is -0.122. The summed E-state index contributed by atoms with van der Waals surface area (Å²) in [4.78, 5) is 18.4. The highest BCUT2D eigenvalue weighted by molar-refractivity contribution is 7.15. The molecule has 5 nitrogen and oxygen atoms in total. The van der Waals surface area contributed by atoms with Crippen LogP contribution in [0.3, 0.4) is 0 Å². The minimum absolute atomic E-state index is 0.00604. The van der Waals surface area contributed by atoms with Gasteiger partial charge in [0.1, 0.15) is 6.04 Å². The Labute approximate surface area is 91.7 Å². The number of nitrogens with one attached hydrogen (secondary N) is 1. The zero-order valence-corrected chi connectivity index (χ0v) is 9.25. The lowest BCUT2D eigenvalue weighted by Crippen LogP contribution is -2.54. The number of aromatic nitrogens is 1. The molecule has 0 aliphatic carbocycles. The summed E-state index contributed by atoms with van der Waals surface area (Å²) >= 11 is 1.43. The van der Waals surface area contributed by atoms with Gasteiger partial charge in [0, 0.05) is 19.3 Å². The number of piperazine rings is 1. The van der Waals surface area contributed by atoms with Crippen molar-refractivity contribution < 1.29 is 9.90 Å². The lowest BCUT2D eigenvalue weighted by atomic mass is 10.2. The molecule has 82 valence electrons. The molecule has 1 aliphatic rings. The highest BCUT2D eigenvalue weighted by atomic mass is 32.1. The topological polar surface area (TPSA) is 65.5 Å². The van der Waals surface area contributed by atoms with Gasteiger partial charge in [-0.1, -0.05) is 11.3 Å². The van der Waals surface area contributed by atoms with Crippen LogP contribution in [-0.2, 0) is 11.4 Å². The normalized spacial score (nSPS) is 21.6. The van der Waals surface area contributed by atoms with Gasteiger partial charge in [0.15, 0.2) is 5.13 Å². The van der Waals surface area contributed by atoms with E-state index in [0.717, 1.165) is 16.6 Å². The second-order valence-corrected chi connectivity index (χ2v) is 4.52. The number of rotatable bonds is 2. The number of nitrogens with zero attached hydrogens (tertiary/aromatic N) is 2. The molecule has 1 aliphatic heterocycles. The lowest BCUT2D eigenvalue weighted by Gasteiger charge is -2.32. The van der Waals surface area contributed by atoms with Crippen molar-refractivity contribution >= 4 is 22.4 Å². The molecule has 2 rings (SSSR count). The monoisotopic (exact) mass is 227 g/mol. The maximum absolute atomic E-state index is 11.4. The van der Waals surface area contributed by atoms with Crippen LogP contribution in [0.25, 0.3) is 0 Å². The Morgan fingerprint density at radius 3 is 3.27 bits per heavy atom. The van der Waals surface area contributed by atoms with Crippen LogP contribution in [0.15, 0.2) is 6.20 Å². The second-order valence-electron chi connectivity index (χ2n) is 3.43. The number of carbonyl (C=O) groups is 1. The van der Waals surface area contributed by atoms with Gasteiger partial charge < -0.3 is 15.3 Å². The minimum Gasteiger partial charge on any atom is -0.391 e. The molecule has 1 fully saturated rings. The van der Waals surface area contributed by atoms with Gasteiger partial charge in [0.25, 0.3) is 0 Å². The van der Waals surface area contributed by atoms with Gasteiger partial charge >= 0.3 is 0 Å². The van der Waals surface area contributed by atoms with Crippen molar-refractivity contribution in [2.24, 2.45) is 0 Å². The molecule has 0 bridgehead atoms. The van der Waals surface area contributed by atoms with E-state index in [9.17, 15) is 4.79 Å². The molecule has 0 radical (unpaired) electrons. The summed E-state index contributed by atoms with van der Waals surface area (Å²) in [5, 5.41) is 12.5. The van der Waals surface area contributed by atoms with E-state index < -0.39 is 0 Å². The van der Waals surface area contributed by atoms with E-state index in [2.05, 4.69) is 10.3 Å². The predicted molar refractivity (Wildman–Crippen MR) is 57.9 cm³/mol. The van der Waals surface area contributed by atoms with E-state index in [1.807, 2.05) is 11.8 Å². The van der Waals surface area contributed by atoms with Crippen molar-refractivity contribution in [3.8, 4) is 0 Å². The Balaban J connectivity index is 2.18. The largest absolute Gasteiger partial charge is 0.391 e. The molecule has 2 heterocycles.